The summed E-state index contributed by atoms with van der Waals surface area (Å²) in [5, 5.41) is 5.78. The van der Waals surface area contributed by atoms with Crippen molar-refractivity contribution in [1.29, 1.82) is 0 Å². The van der Waals surface area contributed by atoms with Crippen LogP contribution in [0, 0.1) is 13.8 Å². The van der Waals surface area contributed by atoms with Crippen molar-refractivity contribution in [3.8, 4) is 0 Å². The Labute approximate surface area is 144 Å². The molecule has 0 aliphatic carbocycles. The van der Waals surface area contributed by atoms with Crippen LogP contribution in [-0.2, 0) is 10.5 Å². The highest BCUT2D eigenvalue weighted by Gasteiger charge is 2.12. The van der Waals surface area contributed by atoms with Crippen LogP contribution in [0.1, 0.15) is 16.3 Å². The van der Waals surface area contributed by atoms with Crippen molar-refractivity contribution in [1.82, 2.24) is 15.0 Å². The van der Waals surface area contributed by atoms with Crippen LogP contribution in [0.4, 0.5) is 5.13 Å². The van der Waals surface area contributed by atoms with Gasteiger partial charge in [0.1, 0.15) is 10.7 Å². The second-order valence-corrected chi connectivity index (χ2v) is 7.94. The fourth-order valence-corrected chi connectivity index (χ4v) is 4.33. The van der Waals surface area contributed by atoms with E-state index in [0.29, 0.717) is 22.1 Å². The van der Waals surface area contributed by atoms with Crippen LogP contribution in [0.5, 0.6) is 0 Å². The van der Waals surface area contributed by atoms with E-state index in [2.05, 4.69) is 20.3 Å². The standard InChI is InChI=1S/C14H14N4O2S3/c1-7-8(2)23-13-11(7)12(20)16-9(17-13)5-21-6-10(19)18-14-15-3-4-22-14/h3-4H,5-6H2,1-2H3,(H,15,18,19)(H,16,17,20). The van der Waals surface area contributed by atoms with E-state index in [1.54, 1.807) is 11.6 Å². The van der Waals surface area contributed by atoms with Crippen LogP contribution >= 0.6 is 34.4 Å². The molecule has 0 fully saturated rings. The predicted molar refractivity (Wildman–Crippen MR) is 96.6 cm³/mol. The molecule has 0 spiro atoms. The van der Waals surface area contributed by atoms with Gasteiger partial charge in [-0.2, -0.15) is 0 Å². The van der Waals surface area contributed by atoms with Gasteiger partial charge in [0.2, 0.25) is 5.91 Å². The van der Waals surface area contributed by atoms with E-state index in [4.69, 9.17) is 0 Å². The van der Waals surface area contributed by atoms with Gasteiger partial charge in [0.15, 0.2) is 5.13 Å². The Balaban J connectivity index is 1.63. The Morgan fingerprint density at radius 3 is 3.00 bits per heavy atom. The number of fused-ring (bicyclic) bond motifs is 1. The molecule has 1 amide bonds. The van der Waals surface area contributed by atoms with E-state index in [0.717, 1.165) is 15.3 Å². The molecule has 3 rings (SSSR count). The molecule has 0 unspecified atom stereocenters. The Morgan fingerprint density at radius 1 is 1.43 bits per heavy atom. The molecule has 0 aliphatic heterocycles. The number of carbonyl (C=O) groups is 1. The number of aryl methyl sites for hydroxylation is 2. The van der Waals surface area contributed by atoms with E-state index >= 15 is 0 Å². The SMILES string of the molecule is Cc1sc2nc(CSCC(=O)Nc3nccs3)[nH]c(=O)c2c1C. The average molecular weight is 366 g/mol. The van der Waals surface area contributed by atoms with Crippen LogP contribution in [0.25, 0.3) is 10.2 Å². The normalized spacial score (nSPS) is 11.0. The van der Waals surface area contributed by atoms with Crippen molar-refractivity contribution < 1.29 is 4.79 Å². The fraction of sp³-hybridized carbons (Fsp3) is 0.286. The zero-order valence-corrected chi connectivity index (χ0v) is 15.0. The number of hydrogen-bond donors (Lipinski definition) is 2. The smallest absolute Gasteiger partial charge is 0.259 e. The molecule has 9 heteroatoms. The van der Waals surface area contributed by atoms with Gasteiger partial charge in [0, 0.05) is 16.5 Å². The van der Waals surface area contributed by atoms with Gasteiger partial charge in [0.05, 0.1) is 16.9 Å². The largest absolute Gasteiger partial charge is 0.309 e. The second kappa shape index (κ2) is 6.81. The molecular weight excluding hydrogens is 352 g/mol. The van der Waals surface area contributed by atoms with E-state index in [-0.39, 0.29) is 17.2 Å². The molecule has 0 aromatic carbocycles. The van der Waals surface area contributed by atoms with Gasteiger partial charge in [0.25, 0.3) is 5.56 Å². The molecule has 23 heavy (non-hydrogen) atoms. The summed E-state index contributed by atoms with van der Waals surface area (Å²) in [5.74, 6) is 1.24. The summed E-state index contributed by atoms with van der Waals surface area (Å²) in [7, 11) is 0. The predicted octanol–water partition coefficient (Wildman–Crippen LogP) is 2.93. The number of aromatic amines is 1. The quantitative estimate of drug-likeness (QED) is 0.725. The summed E-state index contributed by atoms with van der Waals surface area (Å²) in [6, 6.07) is 0. The number of nitrogens with zero attached hydrogens (tertiary/aromatic N) is 2. The molecule has 3 aromatic heterocycles. The lowest BCUT2D eigenvalue weighted by Gasteiger charge is -2.02. The van der Waals surface area contributed by atoms with Crippen molar-refractivity contribution in [2.45, 2.75) is 19.6 Å². The lowest BCUT2D eigenvalue weighted by molar-refractivity contribution is -0.113. The Kier molecular flexibility index (Phi) is 4.79. The van der Waals surface area contributed by atoms with E-state index < -0.39 is 0 Å². The fourth-order valence-electron chi connectivity index (χ4n) is 2.05. The maximum Gasteiger partial charge on any atom is 0.259 e. The monoisotopic (exact) mass is 366 g/mol. The highest BCUT2D eigenvalue weighted by Crippen LogP contribution is 2.26. The molecule has 3 aromatic rings. The van der Waals surface area contributed by atoms with E-state index in [1.807, 2.05) is 13.8 Å². The first-order valence-electron chi connectivity index (χ1n) is 6.80. The van der Waals surface area contributed by atoms with Gasteiger partial charge in [-0.15, -0.1) is 34.4 Å². The summed E-state index contributed by atoms with van der Waals surface area (Å²) in [5.41, 5.74) is 0.875. The highest BCUT2D eigenvalue weighted by molar-refractivity contribution is 7.99. The molecule has 0 atom stereocenters. The zero-order valence-electron chi connectivity index (χ0n) is 12.5. The molecule has 2 N–H and O–H groups in total. The number of H-pyrrole nitrogens is 1. The third kappa shape index (κ3) is 3.62. The number of carbonyl (C=O) groups excluding carboxylic acids is 1. The van der Waals surface area contributed by atoms with Crippen molar-refractivity contribution in [3.63, 3.8) is 0 Å². The molecule has 3 heterocycles. The summed E-state index contributed by atoms with van der Waals surface area (Å²) < 4.78 is 0. The molecule has 0 aliphatic rings. The molecule has 0 bridgehead atoms. The van der Waals surface area contributed by atoms with Gasteiger partial charge in [-0.3, -0.25) is 9.59 Å². The van der Waals surface area contributed by atoms with Gasteiger partial charge in [-0.25, -0.2) is 9.97 Å². The third-order valence-corrected chi connectivity index (χ3v) is 5.97. The minimum Gasteiger partial charge on any atom is -0.309 e. The second-order valence-electron chi connectivity index (χ2n) is 4.85. The maximum atomic E-state index is 12.2. The topological polar surface area (TPSA) is 87.7 Å². The molecule has 6 nitrogen and oxygen atoms in total. The Morgan fingerprint density at radius 2 is 2.26 bits per heavy atom. The van der Waals surface area contributed by atoms with Crippen LogP contribution in [0.3, 0.4) is 0 Å². The number of thiophene rings is 1. The Bertz CT molecular complexity index is 899. The van der Waals surface area contributed by atoms with Gasteiger partial charge in [-0.1, -0.05) is 0 Å². The van der Waals surface area contributed by atoms with Crippen LogP contribution < -0.4 is 10.9 Å². The molecule has 120 valence electrons. The number of thioether (sulfide) groups is 1. The molecule has 0 saturated carbocycles. The van der Waals surface area contributed by atoms with Gasteiger partial charge < -0.3 is 10.3 Å². The van der Waals surface area contributed by atoms with Gasteiger partial charge >= 0.3 is 0 Å². The number of amides is 1. The molecule has 0 saturated heterocycles. The minimum atomic E-state index is -0.115. The first-order chi connectivity index (χ1) is 11.0. The number of aromatic nitrogens is 3. The molecule has 0 radical (unpaired) electrons. The summed E-state index contributed by atoms with van der Waals surface area (Å²) >= 11 is 4.30. The number of hydrogen-bond acceptors (Lipinski definition) is 7. The van der Waals surface area contributed by atoms with Crippen molar-refractivity contribution in [3.05, 3.63) is 38.2 Å². The van der Waals surface area contributed by atoms with Crippen molar-refractivity contribution in [2.24, 2.45) is 0 Å². The Hall–Kier alpha value is -1.71. The van der Waals surface area contributed by atoms with Crippen molar-refractivity contribution in [2.75, 3.05) is 11.1 Å². The summed E-state index contributed by atoms with van der Waals surface area (Å²) in [6.45, 7) is 3.92. The van der Waals surface area contributed by atoms with Crippen molar-refractivity contribution >= 4 is 55.7 Å². The third-order valence-electron chi connectivity index (χ3n) is 3.24. The lowest BCUT2D eigenvalue weighted by atomic mass is 10.2. The number of anilines is 1. The van der Waals surface area contributed by atoms with Crippen LogP contribution in [0.15, 0.2) is 16.4 Å². The zero-order chi connectivity index (χ0) is 16.4. The van der Waals surface area contributed by atoms with Crippen LogP contribution in [0.2, 0.25) is 0 Å². The van der Waals surface area contributed by atoms with Gasteiger partial charge in [-0.05, 0) is 19.4 Å². The summed E-state index contributed by atoms with van der Waals surface area (Å²) in [4.78, 5) is 37.1. The van der Waals surface area contributed by atoms with E-state index in [1.165, 1.54) is 34.4 Å². The molecular formula is C14H14N4O2S3. The minimum absolute atomic E-state index is 0.111. The number of thiazole rings is 1. The highest BCUT2D eigenvalue weighted by atomic mass is 32.2. The number of nitrogens with one attached hydrogen (secondary N) is 2. The average Bonchev–Trinajstić information content (AvgIpc) is 3.08. The first-order valence-corrected chi connectivity index (χ1v) is 9.65. The first kappa shape index (κ1) is 16.2. The van der Waals surface area contributed by atoms with Crippen LogP contribution in [-0.4, -0.2) is 26.6 Å². The lowest BCUT2D eigenvalue weighted by Crippen LogP contribution is -2.15. The van der Waals surface area contributed by atoms with E-state index in [9.17, 15) is 9.59 Å². The number of rotatable bonds is 5. The summed E-state index contributed by atoms with van der Waals surface area (Å²) in [6.07, 6.45) is 1.64. The maximum absolute atomic E-state index is 12.2.